The SMILES string of the molecule is CC(=O)c1ccc2c(c1)N(C(C)=O)C[C@@]1(CC=Cc3cc(Cl)ccc31)CO2. The van der Waals surface area contributed by atoms with Crippen LogP contribution in [0.4, 0.5) is 5.69 Å². The smallest absolute Gasteiger partial charge is 0.223 e. The summed E-state index contributed by atoms with van der Waals surface area (Å²) >= 11 is 6.17. The van der Waals surface area contributed by atoms with Gasteiger partial charge in [-0.2, -0.15) is 0 Å². The second-order valence-corrected chi connectivity index (χ2v) is 7.69. The van der Waals surface area contributed by atoms with Crippen LogP contribution in [0, 0.1) is 0 Å². The third kappa shape index (κ3) is 3.04. The Morgan fingerprint density at radius 2 is 1.96 bits per heavy atom. The number of Topliss-reactive ketones (excluding diaryl/α,β-unsaturated/α-hetero) is 1. The van der Waals surface area contributed by atoms with E-state index in [1.165, 1.54) is 6.92 Å². The minimum atomic E-state index is -0.365. The van der Waals surface area contributed by atoms with Crippen molar-refractivity contribution < 1.29 is 14.3 Å². The molecule has 4 rings (SSSR count). The molecule has 2 aromatic carbocycles. The highest BCUT2D eigenvalue weighted by molar-refractivity contribution is 6.30. The summed E-state index contributed by atoms with van der Waals surface area (Å²) in [5.41, 5.74) is 3.03. The number of hydrogen-bond donors (Lipinski definition) is 0. The number of amides is 1. The van der Waals surface area contributed by atoms with Gasteiger partial charge in [0.25, 0.3) is 0 Å². The molecule has 2 aliphatic rings. The van der Waals surface area contributed by atoms with Gasteiger partial charge in [0.05, 0.1) is 11.1 Å². The van der Waals surface area contributed by atoms with Crippen LogP contribution in [0.15, 0.2) is 42.5 Å². The number of rotatable bonds is 1. The summed E-state index contributed by atoms with van der Waals surface area (Å²) in [6.07, 6.45) is 4.94. The van der Waals surface area contributed by atoms with Crippen LogP contribution >= 0.6 is 11.6 Å². The van der Waals surface area contributed by atoms with Crippen LogP contribution in [-0.4, -0.2) is 24.8 Å². The highest BCUT2D eigenvalue weighted by Gasteiger charge is 2.41. The van der Waals surface area contributed by atoms with E-state index in [9.17, 15) is 9.59 Å². The van der Waals surface area contributed by atoms with Gasteiger partial charge in [0.1, 0.15) is 12.4 Å². The molecule has 1 aliphatic carbocycles. The largest absolute Gasteiger partial charge is 0.490 e. The number of carbonyl (C=O) groups is 2. The van der Waals surface area contributed by atoms with Crippen LogP contribution in [0.3, 0.4) is 0 Å². The molecule has 0 radical (unpaired) electrons. The minimum absolute atomic E-state index is 0.0409. The fourth-order valence-corrected chi connectivity index (χ4v) is 4.14. The van der Waals surface area contributed by atoms with Gasteiger partial charge in [-0.15, -0.1) is 0 Å². The molecule has 0 unspecified atom stereocenters. The number of nitrogens with zero attached hydrogens (tertiary/aromatic N) is 1. The molecule has 27 heavy (non-hydrogen) atoms. The zero-order valence-electron chi connectivity index (χ0n) is 15.3. The van der Waals surface area contributed by atoms with Gasteiger partial charge in [-0.1, -0.05) is 29.8 Å². The number of fused-ring (bicyclic) bond motifs is 3. The third-order valence-corrected chi connectivity index (χ3v) is 5.63. The summed E-state index contributed by atoms with van der Waals surface area (Å²) in [6, 6.07) is 11.1. The molecule has 0 bridgehead atoms. The molecule has 4 nitrogen and oxygen atoms in total. The number of hydrogen-bond acceptors (Lipinski definition) is 3. The maximum Gasteiger partial charge on any atom is 0.223 e. The Morgan fingerprint density at radius 3 is 2.70 bits per heavy atom. The number of anilines is 1. The topological polar surface area (TPSA) is 46.6 Å². The number of benzene rings is 2. The molecule has 0 saturated heterocycles. The number of allylic oxidation sites excluding steroid dienone is 1. The van der Waals surface area contributed by atoms with Gasteiger partial charge in [0.15, 0.2) is 5.78 Å². The van der Waals surface area contributed by atoms with Crippen molar-refractivity contribution in [2.75, 3.05) is 18.1 Å². The van der Waals surface area contributed by atoms with E-state index in [1.807, 2.05) is 18.2 Å². The maximum atomic E-state index is 12.5. The predicted molar refractivity (Wildman–Crippen MR) is 107 cm³/mol. The first-order valence-electron chi connectivity index (χ1n) is 8.92. The standard InChI is InChI=1S/C22H20ClNO3/c1-14(25)16-5-8-21-20(11-16)24(15(2)26)12-22(13-27-21)9-3-4-17-10-18(23)6-7-19(17)22/h3-8,10-11H,9,12-13H2,1-2H3/t22-/m0/s1. The normalized spacial score (nSPS) is 20.5. The average molecular weight is 382 g/mol. The van der Waals surface area contributed by atoms with E-state index in [0.29, 0.717) is 35.2 Å². The molecule has 5 heteroatoms. The Morgan fingerprint density at radius 1 is 1.15 bits per heavy atom. The van der Waals surface area contributed by atoms with Gasteiger partial charge in [-0.25, -0.2) is 0 Å². The van der Waals surface area contributed by atoms with Gasteiger partial charge >= 0.3 is 0 Å². The van der Waals surface area contributed by atoms with Crippen LogP contribution in [0.1, 0.15) is 41.8 Å². The monoisotopic (exact) mass is 381 g/mol. The second kappa shape index (κ2) is 6.54. The van der Waals surface area contributed by atoms with Crippen molar-refractivity contribution in [2.24, 2.45) is 0 Å². The average Bonchev–Trinajstić information content (AvgIpc) is 2.79. The lowest BCUT2D eigenvalue weighted by Gasteiger charge is -2.37. The van der Waals surface area contributed by atoms with Crippen LogP contribution in [0.5, 0.6) is 5.75 Å². The summed E-state index contributed by atoms with van der Waals surface area (Å²) in [5, 5.41) is 0.683. The Labute approximate surface area is 163 Å². The molecule has 1 spiro atoms. The molecule has 0 aromatic heterocycles. The molecule has 0 fully saturated rings. The molecule has 1 aliphatic heterocycles. The summed E-state index contributed by atoms with van der Waals surface area (Å²) in [5.74, 6) is 0.505. The van der Waals surface area contributed by atoms with Crippen LogP contribution in [-0.2, 0) is 10.2 Å². The first-order chi connectivity index (χ1) is 12.9. The van der Waals surface area contributed by atoms with Crippen molar-refractivity contribution in [3.8, 4) is 5.75 Å². The minimum Gasteiger partial charge on any atom is -0.490 e. The number of carbonyl (C=O) groups excluding carboxylic acids is 2. The molecule has 0 saturated carbocycles. The van der Waals surface area contributed by atoms with E-state index in [2.05, 4.69) is 12.2 Å². The number of halogens is 1. The maximum absolute atomic E-state index is 12.5. The van der Waals surface area contributed by atoms with Crippen molar-refractivity contribution in [1.29, 1.82) is 0 Å². The fraction of sp³-hybridized carbons (Fsp3) is 0.273. The first kappa shape index (κ1) is 17.8. The van der Waals surface area contributed by atoms with Crippen molar-refractivity contribution in [3.63, 3.8) is 0 Å². The molecular weight excluding hydrogens is 362 g/mol. The summed E-state index contributed by atoms with van der Waals surface area (Å²) in [6.45, 7) is 3.99. The lowest BCUT2D eigenvalue weighted by molar-refractivity contribution is -0.116. The lowest BCUT2D eigenvalue weighted by Crippen LogP contribution is -2.46. The van der Waals surface area contributed by atoms with E-state index in [4.69, 9.17) is 16.3 Å². The highest BCUT2D eigenvalue weighted by Crippen LogP contribution is 2.43. The molecular formula is C22H20ClNO3. The Hall–Kier alpha value is -2.59. The fourth-order valence-electron chi connectivity index (χ4n) is 3.96. The molecule has 138 valence electrons. The Balaban J connectivity index is 1.84. The van der Waals surface area contributed by atoms with Crippen molar-refractivity contribution in [1.82, 2.24) is 0 Å². The molecule has 0 N–H and O–H groups in total. The second-order valence-electron chi connectivity index (χ2n) is 7.25. The predicted octanol–water partition coefficient (Wildman–Crippen LogP) is 4.64. The van der Waals surface area contributed by atoms with Crippen molar-refractivity contribution in [2.45, 2.75) is 25.7 Å². The Bertz CT molecular complexity index is 982. The zero-order chi connectivity index (χ0) is 19.2. The van der Waals surface area contributed by atoms with Crippen LogP contribution in [0.2, 0.25) is 5.02 Å². The number of ketones is 1. The quantitative estimate of drug-likeness (QED) is 0.676. The zero-order valence-corrected chi connectivity index (χ0v) is 16.0. The highest BCUT2D eigenvalue weighted by atomic mass is 35.5. The van der Waals surface area contributed by atoms with E-state index in [-0.39, 0.29) is 17.1 Å². The molecule has 2 aromatic rings. The molecule has 1 heterocycles. The van der Waals surface area contributed by atoms with E-state index in [0.717, 1.165) is 17.5 Å². The van der Waals surface area contributed by atoms with Gasteiger partial charge < -0.3 is 9.64 Å². The summed E-state index contributed by atoms with van der Waals surface area (Å²) in [7, 11) is 0. The summed E-state index contributed by atoms with van der Waals surface area (Å²) in [4.78, 5) is 26.1. The first-order valence-corrected chi connectivity index (χ1v) is 9.30. The van der Waals surface area contributed by atoms with Gasteiger partial charge in [0.2, 0.25) is 5.91 Å². The Kier molecular flexibility index (Phi) is 4.31. The van der Waals surface area contributed by atoms with E-state index < -0.39 is 0 Å². The molecule has 1 amide bonds. The van der Waals surface area contributed by atoms with Crippen LogP contribution in [0.25, 0.3) is 6.08 Å². The number of ether oxygens (including phenoxy) is 1. The van der Waals surface area contributed by atoms with E-state index >= 15 is 0 Å². The van der Waals surface area contributed by atoms with Gasteiger partial charge in [-0.05, 0) is 54.8 Å². The summed E-state index contributed by atoms with van der Waals surface area (Å²) < 4.78 is 6.17. The van der Waals surface area contributed by atoms with E-state index in [1.54, 1.807) is 30.0 Å². The molecule has 1 atom stereocenters. The van der Waals surface area contributed by atoms with Gasteiger partial charge in [0, 0.05) is 24.1 Å². The van der Waals surface area contributed by atoms with Gasteiger partial charge in [-0.3, -0.25) is 9.59 Å². The van der Waals surface area contributed by atoms with Crippen molar-refractivity contribution in [3.05, 3.63) is 64.2 Å². The van der Waals surface area contributed by atoms with Crippen LogP contribution < -0.4 is 9.64 Å². The third-order valence-electron chi connectivity index (χ3n) is 5.39. The lowest BCUT2D eigenvalue weighted by atomic mass is 9.73. The van der Waals surface area contributed by atoms with Crippen molar-refractivity contribution >= 4 is 35.1 Å².